The van der Waals surface area contributed by atoms with Gasteiger partial charge in [-0.05, 0) is 36.8 Å². The third-order valence-electron chi connectivity index (χ3n) is 4.90. The SMILES string of the molecule is CC(C)[C@H](NC(=O)C=Cc1ccccc1)C(=O)N[C@H](C=O)C[C@@H]1CCCNC1=O. The average molecular weight is 399 g/mol. The van der Waals surface area contributed by atoms with Crippen LogP contribution in [0.25, 0.3) is 6.08 Å². The molecule has 3 amide bonds. The molecule has 0 aliphatic carbocycles. The first kappa shape index (κ1) is 22.3. The highest BCUT2D eigenvalue weighted by atomic mass is 16.2. The predicted molar refractivity (Wildman–Crippen MR) is 111 cm³/mol. The summed E-state index contributed by atoms with van der Waals surface area (Å²) in [6.45, 7) is 4.28. The van der Waals surface area contributed by atoms with Crippen LogP contribution in [0.3, 0.4) is 0 Å². The van der Waals surface area contributed by atoms with Gasteiger partial charge in [0.05, 0.1) is 6.04 Å². The second kappa shape index (κ2) is 11.1. The predicted octanol–water partition coefficient (Wildman–Crippen LogP) is 1.44. The lowest BCUT2D eigenvalue weighted by Crippen LogP contribution is -2.53. The Bertz CT molecular complexity index is 746. The number of carbonyl (C=O) groups is 4. The number of hydrogen-bond acceptors (Lipinski definition) is 4. The van der Waals surface area contributed by atoms with Crippen LogP contribution < -0.4 is 16.0 Å². The third-order valence-corrected chi connectivity index (χ3v) is 4.90. The Balaban J connectivity index is 1.94. The van der Waals surface area contributed by atoms with Crippen LogP contribution in [0.5, 0.6) is 0 Å². The summed E-state index contributed by atoms with van der Waals surface area (Å²) in [6, 6.07) is 7.80. The van der Waals surface area contributed by atoms with Crippen molar-refractivity contribution in [1.82, 2.24) is 16.0 Å². The zero-order valence-corrected chi connectivity index (χ0v) is 16.9. The molecule has 0 saturated carbocycles. The summed E-state index contributed by atoms with van der Waals surface area (Å²) in [5, 5.41) is 8.14. The van der Waals surface area contributed by atoms with E-state index in [4.69, 9.17) is 0 Å². The molecular weight excluding hydrogens is 370 g/mol. The minimum absolute atomic E-state index is 0.0860. The maximum Gasteiger partial charge on any atom is 0.244 e. The van der Waals surface area contributed by atoms with Crippen LogP contribution in [0, 0.1) is 11.8 Å². The van der Waals surface area contributed by atoms with Gasteiger partial charge in [-0.1, -0.05) is 44.2 Å². The van der Waals surface area contributed by atoms with Crippen molar-refractivity contribution >= 4 is 30.1 Å². The quantitative estimate of drug-likeness (QED) is 0.432. The molecule has 29 heavy (non-hydrogen) atoms. The van der Waals surface area contributed by atoms with Gasteiger partial charge in [-0.25, -0.2) is 0 Å². The van der Waals surface area contributed by atoms with E-state index in [9.17, 15) is 19.2 Å². The van der Waals surface area contributed by atoms with Gasteiger partial charge in [0.15, 0.2) is 0 Å². The Kier molecular flexibility index (Phi) is 8.58. The van der Waals surface area contributed by atoms with Crippen molar-refractivity contribution in [2.75, 3.05) is 6.54 Å². The van der Waals surface area contributed by atoms with Crippen LogP contribution >= 0.6 is 0 Å². The fourth-order valence-electron chi connectivity index (χ4n) is 3.26. The van der Waals surface area contributed by atoms with E-state index in [0.717, 1.165) is 12.0 Å². The molecule has 1 aromatic carbocycles. The number of nitrogens with one attached hydrogen (secondary N) is 3. The van der Waals surface area contributed by atoms with Gasteiger partial charge in [0.2, 0.25) is 17.7 Å². The minimum Gasteiger partial charge on any atom is -0.356 e. The molecule has 156 valence electrons. The molecular formula is C22H29N3O4. The summed E-state index contributed by atoms with van der Waals surface area (Å²) >= 11 is 0. The summed E-state index contributed by atoms with van der Waals surface area (Å²) in [7, 11) is 0. The number of aldehydes is 1. The van der Waals surface area contributed by atoms with Crippen LogP contribution in [-0.4, -0.2) is 42.6 Å². The fourth-order valence-corrected chi connectivity index (χ4v) is 3.26. The lowest BCUT2D eigenvalue weighted by molar-refractivity contribution is -0.131. The van der Waals surface area contributed by atoms with E-state index in [1.165, 1.54) is 6.08 Å². The van der Waals surface area contributed by atoms with E-state index in [-0.39, 0.29) is 24.2 Å². The van der Waals surface area contributed by atoms with Crippen LogP contribution in [0.15, 0.2) is 36.4 Å². The molecule has 7 heteroatoms. The molecule has 1 aromatic rings. The molecule has 0 radical (unpaired) electrons. The van der Waals surface area contributed by atoms with Gasteiger partial charge in [-0.15, -0.1) is 0 Å². The Morgan fingerprint density at radius 3 is 2.55 bits per heavy atom. The smallest absolute Gasteiger partial charge is 0.244 e. The van der Waals surface area contributed by atoms with Crippen molar-refractivity contribution in [3.63, 3.8) is 0 Å². The molecule has 0 bridgehead atoms. The van der Waals surface area contributed by atoms with Crippen molar-refractivity contribution < 1.29 is 19.2 Å². The van der Waals surface area contributed by atoms with Crippen molar-refractivity contribution in [2.45, 2.75) is 45.2 Å². The number of rotatable bonds is 9. The molecule has 3 N–H and O–H groups in total. The second-order valence-corrected chi connectivity index (χ2v) is 7.59. The van der Waals surface area contributed by atoms with E-state index < -0.39 is 23.9 Å². The highest BCUT2D eigenvalue weighted by Gasteiger charge is 2.29. The van der Waals surface area contributed by atoms with Gasteiger partial charge in [0.25, 0.3) is 0 Å². The zero-order valence-electron chi connectivity index (χ0n) is 16.9. The third kappa shape index (κ3) is 7.18. The second-order valence-electron chi connectivity index (χ2n) is 7.59. The molecule has 1 aliphatic rings. The maximum absolute atomic E-state index is 12.7. The van der Waals surface area contributed by atoms with E-state index in [0.29, 0.717) is 19.3 Å². The van der Waals surface area contributed by atoms with Gasteiger partial charge in [0, 0.05) is 18.5 Å². The number of amides is 3. The topological polar surface area (TPSA) is 104 Å². The van der Waals surface area contributed by atoms with E-state index in [1.54, 1.807) is 6.08 Å². The highest BCUT2D eigenvalue weighted by molar-refractivity contribution is 5.96. The van der Waals surface area contributed by atoms with Crippen molar-refractivity contribution in [3.8, 4) is 0 Å². The lowest BCUT2D eigenvalue weighted by Gasteiger charge is -2.26. The number of piperidine rings is 1. The summed E-state index contributed by atoms with van der Waals surface area (Å²) in [5.74, 6) is -1.38. The molecule has 7 nitrogen and oxygen atoms in total. The van der Waals surface area contributed by atoms with Crippen LogP contribution in [-0.2, 0) is 19.2 Å². The summed E-state index contributed by atoms with van der Waals surface area (Å²) in [4.78, 5) is 48.3. The molecule has 2 rings (SSSR count). The molecule has 1 saturated heterocycles. The Hall–Kier alpha value is -2.96. The van der Waals surface area contributed by atoms with Gasteiger partial charge in [-0.2, -0.15) is 0 Å². The molecule has 0 unspecified atom stereocenters. The van der Waals surface area contributed by atoms with Crippen LogP contribution in [0.1, 0.15) is 38.7 Å². The summed E-state index contributed by atoms with van der Waals surface area (Å²) in [5.41, 5.74) is 0.875. The number of carbonyl (C=O) groups excluding carboxylic acids is 4. The van der Waals surface area contributed by atoms with Gasteiger partial charge in [-0.3, -0.25) is 14.4 Å². The fraction of sp³-hybridized carbons (Fsp3) is 0.455. The standard InChI is InChI=1S/C22H29N3O4/c1-15(2)20(25-19(27)11-10-16-7-4-3-5-8-16)22(29)24-18(14-26)13-17-9-6-12-23-21(17)28/h3-5,7-8,10-11,14-15,17-18,20H,6,9,12-13H2,1-2H3,(H,23,28)(H,24,29)(H,25,27)/t17-,18-,20-/m0/s1. The molecule has 1 heterocycles. The van der Waals surface area contributed by atoms with Crippen molar-refractivity contribution in [1.29, 1.82) is 0 Å². The first-order chi connectivity index (χ1) is 13.9. The Morgan fingerprint density at radius 2 is 1.93 bits per heavy atom. The summed E-state index contributed by atoms with van der Waals surface area (Å²) in [6.07, 6.45) is 5.50. The molecule has 1 aliphatic heterocycles. The number of benzene rings is 1. The van der Waals surface area contributed by atoms with Gasteiger partial charge >= 0.3 is 0 Å². The van der Waals surface area contributed by atoms with Crippen molar-refractivity contribution in [2.24, 2.45) is 11.8 Å². The summed E-state index contributed by atoms with van der Waals surface area (Å²) < 4.78 is 0. The first-order valence-corrected chi connectivity index (χ1v) is 9.97. The lowest BCUT2D eigenvalue weighted by atomic mass is 9.91. The van der Waals surface area contributed by atoms with E-state index in [2.05, 4.69) is 16.0 Å². The highest BCUT2D eigenvalue weighted by Crippen LogP contribution is 2.17. The minimum atomic E-state index is -0.787. The molecule has 0 aromatic heterocycles. The van der Waals surface area contributed by atoms with E-state index >= 15 is 0 Å². The normalized spacial score (nSPS) is 18.7. The zero-order chi connectivity index (χ0) is 21.2. The Morgan fingerprint density at radius 1 is 1.21 bits per heavy atom. The van der Waals surface area contributed by atoms with Crippen LogP contribution in [0.4, 0.5) is 0 Å². The Labute approximate surface area is 171 Å². The molecule has 0 spiro atoms. The monoisotopic (exact) mass is 399 g/mol. The van der Waals surface area contributed by atoms with Crippen molar-refractivity contribution in [3.05, 3.63) is 42.0 Å². The van der Waals surface area contributed by atoms with E-state index in [1.807, 2.05) is 44.2 Å². The number of hydrogen-bond donors (Lipinski definition) is 3. The molecule has 3 atom stereocenters. The maximum atomic E-state index is 12.7. The van der Waals surface area contributed by atoms with Crippen LogP contribution in [0.2, 0.25) is 0 Å². The first-order valence-electron chi connectivity index (χ1n) is 9.97. The molecule has 1 fully saturated rings. The van der Waals surface area contributed by atoms with Gasteiger partial charge in [0.1, 0.15) is 12.3 Å². The van der Waals surface area contributed by atoms with Gasteiger partial charge < -0.3 is 20.7 Å². The average Bonchev–Trinajstić information content (AvgIpc) is 2.71. The largest absolute Gasteiger partial charge is 0.356 e.